The maximum atomic E-state index is 6.55. The van der Waals surface area contributed by atoms with E-state index in [9.17, 15) is 0 Å². The monoisotopic (exact) mass is 633 g/mol. The maximum Gasteiger partial charge on any atom is 0.159 e. The van der Waals surface area contributed by atoms with Crippen molar-refractivity contribution < 1.29 is 4.42 Å². The van der Waals surface area contributed by atoms with Crippen molar-refractivity contribution in [1.29, 1.82) is 0 Å². The summed E-state index contributed by atoms with van der Waals surface area (Å²) in [5.41, 5.74) is 7.25. The molecule has 1 N–H and O–H groups in total. The molecule has 1 aliphatic heterocycles. The number of nitrogens with one attached hydrogen (secondary N) is 1. The fourth-order valence-corrected chi connectivity index (χ4v) is 8.16. The molecule has 0 spiro atoms. The van der Waals surface area contributed by atoms with Gasteiger partial charge in [0.15, 0.2) is 5.84 Å². The molecule has 2 aromatic heterocycles. The second-order valence-corrected chi connectivity index (χ2v) is 13.3. The summed E-state index contributed by atoms with van der Waals surface area (Å²) in [6.07, 6.45) is -0.296. The fourth-order valence-electron chi connectivity index (χ4n) is 6.94. The molecule has 0 aliphatic carbocycles. The predicted molar refractivity (Wildman–Crippen MR) is 201 cm³/mol. The summed E-state index contributed by atoms with van der Waals surface area (Å²) in [7, 11) is 0. The van der Waals surface area contributed by atoms with Crippen molar-refractivity contribution in [3.8, 4) is 11.1 Å². The summed E-state index contributed by atoms with van der Waals surface area (Å²) in [4.78, 5) is 10.4. The Morgan fingerprint density at radius 2 is 1.29 bits per heavy atom. The summed E-state index contributed by atoms with van der Waals surface area (Å²) in [6, 6.07) is 53.2. The van der Waals surface area contributed by atoms with Crippen molar-refractivity contribution in [2.24, 2.45) is 9.98 Å². The van der Waals surface area contributed by atoms with E-state index in [1.807, 2.05) is 18.2 Å². The van der Waals surface area contributed by atoms with E-state index < -0.39 is 0 Å². The van der Waals surface area contributed by atoms with E-state index in [1.165, 1.54) is 26.4 Å². The minimum Gasteiger partial charge on any atom is -0.455 e. The lowest BCUT2D eigenvalue weighted by atomic mass is 10.00. The van der Waals surface area contributed by atoms with Crippen LogP contribution in [0.3, 0.4) is 0 Å². The Morgan fingerprint density at radius 1 is 0.583 bits per heavy atom. The summed E-state index contributed by atoms with van der Waals surface area (Å²) < 4.78 is 8.91. The Morgan fingerprint density at radius 3 is 2.17 bits per heavy atom. The number of thiophene rings is 1. The number of hydrogen-bond acceptors (Lipinski definition) is 5. The number of fused-ring (bicyclic) bond motifs is 8. The molecule has 3 heterocycles. The van der Waals surface area contributed by atoms with E-state index in [0.29, 0.717) is 5.84 Å². The third kappa shape index (κ3) is 4.36. The van der Waals surface area contributed by atoms with Gasteiger partial charge < -0.3 is 9.73 Å². The lowest BCUT2D eigenvalue weighted by Crippen LogP contribution is -2.33. The zero-order valence-electron chi connectivity index (χ0n) is 25.7. The molecule has 48 heavy (non-hydrogen) atoms. The van der Waals surface area contributed by atoms with Crippen molar-refractivity contribution >= 4 is 75.9 Å². The van der Waals surface area contributed by atoms with E-state index >= 15 is 0 Å². The van der Waals surface area contributed by atoms with Gasteiger partial charge in [0.25, 0.3) is 0 Å². The van der Waals surface area contributed by atoms with Gasteiger partial charge in [0.05, 0.1) is 4.70 Å². The van der Waals surface area contributed by atoms with Crippen LogP contribution in [0.4, 0.5) is 0 Å². The van der Waals surface area contributed by atoms with E-state index in [4.69, 9.17) is 14.4 Å². The van der Waals surface area contributed by atoms with Crippen LogP contribution in [-0.2, 0) is 0 Å². The van der Waals surface area contributed by atoms with Crippen molar-refractivity contribution in [2.75, 3.05) is 0 Å². The van der Waals surface area contributed by atoms with Gasteiger partial charge in [-0.25, -0.2) is 9.98 Å². The minimum atomic E-state index is -0.296. The first-order chi connectivity index (χ1) is 23.8. The molecular weight excluding hydrogens is 607 g/mol. The van der Waals surface area contributed by atoms with Gasteiger partial charge in [-0.3, -0.25) is 0 Å². The van der Waals surface area contributed by atoms with Gasteiger partial charge >= 0.3 is 0 Å². The Hall–Kier alpha value is -6.04. The van der Waals surface area contributed by atoms with Crippen LogP contribution < -0.4 is 5.32 Å². The van der Waals surface area contributed by atoms with Crippen molar-refractivity contribution in [1.82, 2.24) is 5.32 Å². The van der Waals surface area contributed by atoms with Crippen LogP contribution in [0.2, 0.25) is 0 Å². The number of hydrogen-bond donors (Lipinski definition) is 1. The first-order valence-electron chi connectivity index (χ1n) is 16.1. The van der Waals surface area contributed by atoms with Gasteiger partial charge in [0.1, 0.15) is 23.2 Å². The van der Waals surface area contributed by atoms with Crippen LogP contribution >= 0.6 is 11.3 Å². The molecule has 0 fully saturated rings. The number of furan rings is 1. The SMILES string of the molecule is c1ccc(C2N=C(c3ccc(-c4ccc5ccccc5c4)cc3)N=C(c3cc4c5ccccc5oc4c4c3sc3ccccc34)N2)cc1. The van der Waals surface area contributed by atoms with Crippen LogP contribution in [0.1, 0.15) is 22.9 Å². The molecule has 0 bridgehead atoms. The molecule has 1 aliphatic rings. The third-order valence-corrected chi connectivity index (χ3v) is 10.5. The predicted octanol–water partition coefficient (Wildman–Crippen LogP) is 11.3. The molecule has 0 amide bonds. The highest BCUT2D eigenvalue weighted by molar-refractivity contribution is 7.26. The lowest BCUT2D eigenvalue weighted by molar-refractivity contribution is 0.672. The summed E-state index contributed by atoms with van der Waals surface area (Å²) >= 11 is 1.78. The van der Waals surface area contributed by atoms with Crippen molar-refractivity contribution in [3.05, 3.63) is 168 Å². The Labute approximate surface area is 280 Å². The molecule has 0 saturated heterocycles. The van der Waals surface area contributed by atoms with Crippen molar-refractivity contribution in [3.63, 3.8) is 0 Å². The topological polar surface area (TPSA) is 49.9 Å². The van der Waals surface area contributed by atoms with Gasteiger partial charge in [-0.15, -0.1) is 11.3 Å². The molecular formula is C43H27N3OS. The van der Waals surface area contributed by atoms with Gasteiger partial charge in [0, 0.05) is 37.4 Å². The molecule has 0 radical (unpaired) electrons. The van der Waals surface area contributed by atoms with Gasteiger partial charge in [-0.1, -0.05) is 127 Å². The average molecular weight is 634 g/mol. The van der Waals surface area contributed by atoms with Gasteiger partial charge in [0.2, 0.25) is 0 Å². The molecule has 9 aromatic rings. The molecule has 226 valence electrons. The minimum absolute atomic E-state index is 0.296. The van der Waals surface area contributed by atoms with Gasteiger partial charge in [-0.05, 0) is 51.7 Å². The van der Waals surface area contributed by atoms with Crippen LogP contribution in [0.15, 0.2) is 166 Å². The standard InChI is InChI=1S/C43H27N3OS/c1-2-11-28(12-3-1)41-44-42(29-21-18-27(19-22-29)31-23-20-26-10-4-5-13-30(26)24-31)46-43(45-41)35-25-34-32-14-6-8-16-36(32)47-39(34)38-33-15-7-9-17-37(33)48-40(35)38/h1-25,41H,(H,44,45,46). The molecule has 7 aromatic carbocycles. The quantitative estimate of drug-likeness (QED) is 0.210. The number of rotatable bonds is 4. The van der Waals surface area contributed by atoms with Crippen LogP contribution in [0, 0.1) is 0 Å². The van der Waals surface area contributed by atoms with Crippen molar-refractivity contribution in [2.45, 2.75) is 6.17 Å². The average Bonchev–Trinajstić information content (AvgIpc) is 3.73. The Bertz CT molecular complexity index is 2750. The number of aliphatic imine (C=N–C) groups is 2. The van der Waals surface area contributed by atoms with Crippen LogP contribution in [0.25, 0.3) is 64.0 Å². The molecule has 5 heteroatoms. The Balaban J connectivity index is 1.15. The highest BCUT2D eigenvalue weighted by atomic mass is 32.1. The lowest BCUT2D eigenvalue weighted by Gasteiger charge is -2.24. The second-order valence-electron chi connectivity index (χ2n) is 12.2. The normalized spacial score (nSPS) is 14.9. The van der Waals surface area contributed by atoms with E-state index in [0.717, 1.165) is 60.1 Å². The number of benzene rings is 7. The number of para-hydroxylation sites is 1. The van der Waals surface area contributed by atoms with E-state index in [-0.39, 0.29) is 6.17 Å². The van der Waals surface area contributed by atoms with E-state index in [1.54, 1.807) is 11.3 Å². The fraction of sp³-hybridized carbons (Fsp3) is 0.0233. The summed E-state index contributed by atoms with van der Waals surface area (Å²) in [5, 5.41) is 10.7. The number of amidine groups is 2. The first kappa shape index (κ1) is 27.1. The molecule has 4 nitrogen and oxygen atoms in total. The third-order valence-electron chi connectivity index (χ3n) is 9.33. The van der Waals surface area contributed by atoms with Gasteiger partial charge in [-0.2, -0.15) is 0 Å². The number of nitrogens with zero attached hydrogens (tertiary/aromatic N) is 2. The highest BCUT2D eigenvalue weighted by Gasteiger charge is 2.26. The summed E-state index contributed by atoms with van der Waals surface area (Å²) in [5.74, 6) is 1.50. The molecule has 1 unspecified atom stereocenters. The van der Waals surface area contributed by atoms with Crippen LogP contribution in [-0.4, -0.2) is 11.7 Å². The first-order valence-corrected chi connectivity index (χ1v) is 16.9. The Kier molecular flexibility index (Phi) is 6.08. The maximum absolute atomic E-state index is 6.55. The largest absolute Gasteiger partial charge is 0.455 e. The second kappa shape index (κ2) is 10.8. The smallest absolute Gasteiger partial charge is 0.159 e. The highest BCUT2D eigenvalue weighted by Crippen LogP contribution is 2.44. The van der Waals surface area contributed by atoms with Crippen LogP contribution in [0.5, 0.6) is 0 Å². The van der Waals surface area contributed by atoms with E-state index in [2.05, 4.69) is 139 Å². The summed E-state index contributed by atoms with van der Waals surface area (Å²) in [6.45, 7) is 0. The molecule has 1 atom stereocenters. The zero-order valence-corrected chi connectivity index (χ0v) is 26.5. The molecule has 10 rings (SSSR count). The zero-order chi connectivity index (χ0) is 31.6. The molecule has 0 saturated carbocycles.